The van der Waals surface area contributed by atoms with Gasteiger partial charge in [-0.25, -0.2) is 0 Å². The molecule has 0 aromatic heterocycles. The van der Waals surface area contributed by atoms with Crippen LogP contribution in [-0.2, 0) is 4.79 Å². The highest BCUT2D eigenvalue weighted by Crippen LogP contribution is 2.33. The first-order valence-corrected chi connectivity index (χ1v) is 8.02. The number of hydrogen-bond acceptors (Lipinski definition) is 3. The standard InChI is InChI=1S/C13H24N2OS/c1-4-9(2)12-13(16)15(8-14-12)10-5-6-11(7-10)17-3/h9-12,14H,4-8H2,1-3H3. The first-order valence-electron chi connectivity index (χ1n) is 6.74. The van der Waals surface area contributed by atoms with Crippen LogP contribution in [0.4, 0.5) is 0 Å². The van der Waals surface area contributed by atoms with Gasteiger partial charge in [-0.05, 0) is 31.4 Å². The fourth-order valence-electron chi connectivity index (χ4n) is 2.94. The molecule has 17 heavy (non-hydrogen) atoms. The second kappa shape index (κ2) is 5.61. The molecule has 1 aliphatic heterocycles. The molecule has 1 heterocycles. The average Bonchev–Trinajstić information content (AvgIpc) is 2.94. The van der Waals surface area contributed by atoms with Gasteiger partial charge in [0.2, 0.25) is 5.91 Å². The molecule has 0 bridgehead atoms. The Bertz CT molecular complexity index is 285. The lowest BCUT2D eigenvalue weighted by molar-refractivity contribution is -0.131. The van der Waals surface area contributed by atoms with E-state index in [0.717, 1.165) is 18.3 Å². The van der Waals surface area contributed by atoms with Crippen LogP contribution in [0.2, 0.25) is 0 Å². The first kappa shape index (κ1) is 13.2. The molecule has 2 aliphatic rings. The van der Waals surface area contributed by atoms with Crippen molar-refractivity contribution < 1.29 is 4.79 Å². The predicted molar refractivity (Wildman–Crippen MR) is 73.0 cm³/mol. The fourth-order valence-corrected chi connectivity index (χ4v) is 3.73. The maximum absolute atomic E-state index is 12.3. The minimum Gasteiger partial charge on any atom is -0.326 e. The van der Waals surface area contributed by atoms with E-state index in [1.807, 2.05) is 11.8 Å². The van der Waals surface area contributed by atoms with Gasteiger partial charge in [-0.2, -0.15) is 11.8 Å². The molecule has 0 radical (unpaired) electrons. The zero-order valence-corrected chi connectivity index (χ0v) is 11.9. The van der Waals surface area contributed by atoms with Crippen LogP contribution < -0.4 is 5.32 Å². The Morgan fingerprint density at radius 1 is 1.53 bits per heavy atom. The minimum atomic E-state index is 0.0633. The average molecular weight is 256 g/mol. The van der Waals surface area contributed by atoms with Crippen LogP contribution in [0.1, 0.15) is 39.5 Å². The number of amides is 1. The smallest absolute Gasteiger partial charge is 0.241 e. The summed E-state index contributed by atoms with van der Waals surface area (Å²) in [5, 5.41) is 4.15. The molecular formula is C13H24N2OS. The molecular weight excluding hydrogens is 232 g/mol. The van der Waals surface area contributed by atoms with Crippen molar-refractivity contribution in [2.75, 3.05) is 12.9 Å². The second-order valence-electron chi connectivity index (χ2n) is 5.36. The zero-order valence-electron chi connectivity index (χ0n) is 11.1. The number of nitrogens with zero attached hydrogens (tertiary/aromatic N) is 1. The van der Waals surface area contributed by atoms with Crippen molar-refractivity contribution in [3.63, 3.8) is 0 Å². The van der Waals surface area contributed by atoms with E-state index in [1.165, 1.54) is 19.3 Å². The lowest BCUT2D eigenvalue weighted by Crippen LogP contribution is -2.39. The third-order valence-corrected chi connectivity index (χ3v) is 5.47. The van der Waals surface area contributed by atoms with Crippen molar-refractivity contribution in [2.24, 2.45) is 5.92 Å². The quantitative estimate of drug-likeness (QED) is 0.836. The predicted octanol–water partition coefficient (Wildman–Crippen LogP) is 2.07. The summed E-state index contributed by atoms with van der Waals surface area (Å²) in [6, 6.07) is 0.551. The molecule has 1 saturated heterocycles. The lowest BCUT2D eigenvalue weighted by Gasteiger charge is -2.24. The Morgan fingerprint density at radius 2 is 2.29 bits per heavy atom. The first-order chi connectivity index (χ1) is 8.17. The summed E-state index contributed by atoms with van der Waals surface area (Å²) >= 11 is 1.95. The van der Waals surface area contributed by atoms with Crippen molar-refractivity contribution in [3.8, 4) is 0 Å². The number of carbonyl (C=O) groups excluding carboxylic acids is 1. The largest absolute Gasteiger partial charge is 0.326 e. The second-order valence-corrected chi connectivity index (χ2v) is 6.50. The number of carbonyl (C=O) groups is 1. The van der Waals surface area contributed by atoms with Crippen molar-refractivity contribution in [2.45, 2.75) is 56.9 Å². The molecule has 0 aromatic rings. The van der Waals surface area contributed by atoms with Gasteiger partial charge in [0.05, 0.1) is 12.7 Å². The molecule has 4 heteroatoms. The summed E-state index contributed by atoms with van der Waals surface area (Å²) in [4.78, 5) is 14.4. The van der Waals surface area contributed by atoms with Crippen molar-refractivity contribution in [1.29, 1.82) is 0 Å². The van der Waals surface area contributed by atoms with E-state index in [-0.39, 0.29) is 6.04 Å². The Hall–Kier alpha value is -0.220. The molecule has 98 valence electrons. The monoisotopic (exact) mass is 256 g/mol. The van der Waals surface area contributed by atoms with Crippen LogP contribution in [0.15, 0.2) is 0 Å². The molecule has 4 unspecified atom stereocenters. The molecule has 2 rings (SSSR count). The Kier molecular flexibility index (Phi) is 4.36. The van der Waals surface area contributed by atoms with Gasteiger partial charge in [0.1, 0.15) is 0 Å². The molecule has 0 spiro atoms. The van der Waals surface area contributed by atoms with E-state index in [2.05, 4.69) is 30.3 Å². The third kappa shape index (κ3) is 2.63. The highest BCUT2D eigenvalue weighted by Gasteiger charge is 2.40. The molecule has 1 amide bonds. The number of rotatable bonds is 4. The summed E-state index contributed by atoms with van der Waals surface area (Å²) in [6.45, 7) is 5.08. The van der Waals surface area contributed by atoms with E-state index in [1.54, 1.807) is 0 Å². The highest BCUT2D eigenvalue weighted by atomic mass is 32.2. The van der Waals surface area contributed by atoms with E-state index in [4.69, 9.17) is 0 Å². The minimum absolute atomic E-state index is 0.0633. The summed E-state index contributed by atoms with van der Waals surface area (Å²) in [7, 11) is 0. The van der Waals surface area contributed by atoms with Crippen LogP contribution in [0.3, 0.4) is 0 Å². The fraction of sp³-hybridized carbons (Fsp3) is 0.923. The number of nitrogens with one attached hydrogen (secondary N) is 1. The Balaban J connectivity index is 1.94. The molecule has 3 nitrogen and oxygen atoms in total. The summed E-state index contributed by atoms with van der Waals surface area (Å²) in [5.74, 6) is 0.788. The van der Waals surface area contributed by atoms with Gasteiger partial charge in [-0.15, -0.1) is 0 Å². The van der Waals surface area contributed by atoms with Gasteiger partial charge >= 0.3 is 0 Å². The molecule has 1 aliphatic carbocycles. The molecule has 1 N–H and O–H groups in total. The summed E-state index contributed by atoms with van der Waals surface area (Å²) in [6.07, 6.45) is 6.88. The number of thioether (sulfide) groups is 1. The van der Waals surface area contributed by atoms with E-state index in [9.17, 15) is 4.79 Å². The van der Waals surface area contributed by atoms with Crippen LogP contribution in [0, 0.1) is 5.92 Å². The topological polar surface area (TPSA) is 32.3 Å². The van der Waals surface area contributed by atoms with Crippen LogP contribution in [-0.4, -0.2) is 41.1 Å². The summed E-state index contributed by atoms with van der Waals surface area (Å²) in [5.41, 5.74) is 0. The van der Waals surface area contributed by atoms with E-state index < -0.39 is 0 Å². The van der Waals surface area contributed by atoms with Gasteiger partial charge < -0.3 is 4.90 Å². The molecule has 2 fully saturated rings. The zero-order chi connectivity index (χ0) is 12.4. The maximum Gasteiger partial charge on any atom is 0.241 e. The van der Waals surface area contributed by atoms with Crippen LogP contribution in [0.5, 0.6) is 0 Å². The van der Waals surface area contributed by atoms with Gasteiger partial charge in [0, 0.05) is 11.3 Å². The molecule has 1 saturated carbocycles. The third-order valence-electron chi connectivity index (χ3n) is 4.37. The van der Waals surface area contributed by atoms with Gasteiger partial charge in [0.15, 0.2) is 0 Å². The number of hydrogen-bond donors (Lipinski definition) is 1. The van der Waals surface area contributed by atoms with Crippen molar-refractivity contribution in [1.82, 2.24) is 10.2 Å². The normalized spacial score (nSPS) is 35.6. The van der Waals surface area contributed by atoms with Crippen molar-refractivity contribution in [3.05, 3.63) is 0 Å². The summed E-state index contributed by atoms with van der Waals surface area (Å²) < 4.78 is 0. The SMILES string of the molecule is CCC(C)C1NCN(C2CCC(SC)C2)C1=O. The van der Waals surface area contributed by atoms with Crippen molar-refractivity contribution >= 4 is 17.7 Å². The van der Waals surface area contributed by atoms with Crippen LogP contribution in [0.25, 0.3) is 0 Å². The van der Waals surface area contributed by atoms with Gasteiger partial charge in [-0.1, -0.05) is 20.3 Å². The van der Waals surface area contributed by atoms with Gasteiger partial charge in [-0.3, -0.25) is 10.1 Å². The van der Waals surface area contributed by atoms with E-state index in [0.29, 0.717) is 17.9 Å². The molecule has 4 atom stereocenters. The van der Waals surface area contributed by atoms with Crippen LogP contribution >= 0.6 is 11.8 Å². The lowest BCUT2D eigenvalue weighted by atomic mass is 9.99. The Morgan fingerprint density at radius 3 is 2.88 bits per heavy atom. The Labute approximate surface area is 109 Å². The maximum atomic E-state index is 12.3. The molecule has 0 aromatic carbocycles. The van der Waals surface area contributed by atoms with E-state index >= 15 is 0 Å². The van der Waals surface area contributed by atoms with Gasteiger partial charge in [0.25, 0.3) is 0 Å². The highest BCUT2D eigenvalue weighted by molar-refractivity contribution is 7.99.